The number of hydrogen-bond donors (Lipinski definition) is 1. The van der Waals surface area contributed by atoms with Crippen LogP contribution in [0.3, 0.4) is 0 Å². The van der Waals surface area contributed by atoms with Gasteiger partial charge in [0.25, 0.3) is 0 Å². The van der Waals surface area contributed by atoms with E-state index >= 15 is 0 Å². The summed E-state index contributed by atoms with van der Waals surface area (Å²) in [6.07, 6.45) is 8.73. The molecule has 0 atom stereocenters. The largest absolute Gasteiger partial charge is 0.313 e. The number of aromatic nitrogens is 2. The topological polar surface area (TPSA) is 37.8 Å². The molecule has 0 fully saturated rings. The summed E-state index contributed by atoms with van der Waals surface area (Å²) in [4.78, 5) is 10.2. The molecule has 0 radical (unpaired) electrons. The van der Waals surface area contributed by atoms with Gasteiger partial charge in [-0.15, -0.1) is 0 Å². The average molecular weight is 299 g/mol. The number of aryl methyl sites for hydroxylation is 2. The highest BCUT2D eigenvalue weighted by atomic mass is 32.2. The zero-order valence-corrected chi connectivity index (χ0v) is 13.2. The zero-order valence-electron chi connectivity index (χ0n) is 12.4. The molecule has 3 nitrogen and oxygen atoms in total. The van der Waals surface area contributed by atoms with Crippen LogP contribution >= 0.6 is 11.8 Å². The lowest BCUT2D eigenvalue weighted by Gasteiger charge is -2.05. The van der Waals surface area contributed by atoms with Crippen LogP contribution in [0.15, 0.2) is 40.6 Å². The van der Waals surface area contributed by atoms with E-state index in [9.17, 15) is 0 Å². The van der Waals surface area contributed by atoms with Crippen molar-refractivity contribution >= 4 is 11.8 Å². The van der Waals surface area contributed by atoms with Gasteiger partial charge < -0.3 is 5.32 Å². The maximum atomic E-state index is 4.46. The third-order valence-electron chi connectivity index (χ3n) is 3.72. The van der Waals surface area contributed by atoms with E-state index in [1.54, 1.807) is 11.8 Å². The predicted octanol–water partition coefficient (Wildman–Crippen LogP) is 3.62. The second-order valence-corrected chi connectivity index (χ2v) is 6.48. The molecule has 0 saturated carbocycles. The summed E-state index contributed by atoms with van der Waals surface area (Å²) >= 11 is 1.65. The van der Waals surface area contributed by atoms with Crippen LogP contribution in [0.5, 0.6) is 0 Å². The molecule has 1 heterocycles. The first-order chi connectivity index (χ1) is 10.3. The molecule has 3 rings (SSSR count). The summed E-state index contributed by atoms with van der Waals surface area (Å²) in [5, 5.41) is 4.19. The zero-order chi connectivity index (χ0) is 14.5. The lowest BCUT2D eigenvalue weighted by atomic mass is 10.1. The molecule has 4 heteroatoms. The Balaban J connectivity index is 1.62. The Morgan fingerprint density at radius 2 is 1.95 bits per heavy atom. The van der Waals surface area contributed by atoms with Crippen molar-refractivity contribution in [2.75, 3.05) is 6.54 Å². The molecule has 110 valence electrons. The number of nitrogens with zero attached hydrogens (tertiary/aromatic N) is 2. The van der Waals surface area contributed by atoms with Crippen LogP contribution in [0.1, 0.15) is 36.5 Å². The first-order valence-electron chi connectivity index (χ1n) is 7.66. The minimum atomic E-state index is 0.826. The Labute approximate surface area is 130 Å². The Morgan fingerprint density at radius 3 is 2.76 bits per heavy atom. The molecule has 1 aliphatic rings. The highest BCUT2D eigenvalue weighted by molar-refractivity contribution is 7.99. The molecule has 0 aliphatic heterocycles. The van der Waals surface area contributed by atoms with E-state index in [-0.39, 0.29) is 0 Å². The van der Waals surface area contributed by atoms with Crippen LogP contribution in [-0.4, -0.2) is 16.5 Å². The second kappa shape index (κ2) is 7.05. The normalized spacial score (nSPS) is 13.4. The van der Waals surface area contributed by atoms with Gasteiger partial charge in [0.2, 0.25) is 0 Å². The van der Waals surface area contributed by atoms with Gasteiger partial charge in [-0.25, -0.2) is 9.97 Å². The average Bonchev–Trinajstić information content (AvgIpc) is 2.97. The summed E-state index contributed by atoms with van der Waals surface area (Å²) in [6, 6.07) is 6.75. The third kappa shape index (κ3) is 3.83. The van der Waals surface area contributed by atoms with Crippen LogP contribution in [-0.2, 0) is 19.4 Å². The van der Waals surface area contributed by atoms with Gasteiger partial charge in [0.1, 0.15) is 0 Å². The van der Waals surface area contributed by atoms with Crippen LogP contribution in [0.25, 0.3) is 0 Å². The lowest BCUT2D eigenvalue weighted by molar-refractivity contribution is 0.669. The van der Waals surface area contributed by atoms with Crippen molar-refractivity contribution in [3.63, 3.8) is 0 Å². The van der Waals surface area contributed by atoms with Crippen molar-refractivity contribution in [2.45, 2.75) is 49.2 Å². The van der Waals surface area contributed by atoms with Crippen molar-refractivity contribution in [3.8, 4) is 0 Å². The molecule has 1 aliphatic carbocycles. The van der Waals surface area contributed by atoms with Crippen molar-refractivity contribution in [1.29, 1.82) is 0 Å². The minimum absolute atomic E-state index is 0.826. The Morgan fingerprint density at radius 1 is 1.14 bits per heavy atom. The minimum Gasteiger partial charge on any atom is -0.313 e. The molecule has 0 bridgehead atoms. The second-order valence-electron chi connectivity index (χ2n) is 5.44. The fraction of sp³-hybridized carbons (Fsp3) is 0.412. The SMILES string of the molecule is CCCNCc1cnc(Sc2ccc3c(c2)CCC3)nc1. The van der Waals surface area contributed by atoms with Gasteiger partial charge in [-0.2, -0.15) is 0 Å². The summed E-state index contributed by atoms with van der Waals surface area (Å²) in [5.74, 6) is 0. The molecule has 2 aromatic rings. The van der Waals surface area contributed by atoms with Gasteiger partial charge in [0.15, 0.2) is 5.16 Å². The van der Waals surface area contributed by atoms with Gasteiger partial charge in [0, 0.05) is 29.4 Å². The van der Waals surface area contributed by atoms with E-state index in [1.165, 1.54) is 35.3 Å². The molecule has 0 spiro atoms. The van der Waals surface area contributed by atoms with E-state index in [2.05, 4.69) is 40.4 Å². The van der Waals surface area contributed by atoms with Gasteiger partial charge in [-0.3, -0.25) is 0 Å². The number of fused-ring (bicyclic) bond motifs is 1. The van der Waals surface area contributed by atoms with Crippen LogP contribution in [0.2, 0.25) is 0 Å². The summed E-state index contributed by atoms with van der Waals surface area (Å²) in [7, 11) is 0. The quantitative estimate of drug-likeness (QED) is 0.653. The van der Waals surface area contributed by atoms with Gasteiger partial charge in [0.05, 0.1) is 0 Å². The highest BCUT2D eigenvalue weighted by Gasteiger charge is 2.11. The molecule has 0 unspecified atom stereocenters. The molecule has 21 heavy (non-hydrogen) atoms. The van der Waals surface area contributed by atoms with Crippen LogP contribution < -0.4 is 5.32 Å². The van der Waals surface area contributed by atoms with Crippen molar-refractivity contribution < 1.29 is 0 Å². The van der Waals surface area contributed by atoms with Crippen LogP contribution in [0, 0.1) is 0 Å². The summed E-state index contributed by atoms with van der Waals surface area (Å²) in [5.41, 5.74) is 4.15. The first kappa shape index (κ1) is 14.5. The maximum absolute atomic E-state index is 4.46. The number of rotatable bonds is 6. The van der Waals surface area contributed by atoms with E-state index in [4.69, 9.17) is 0 Å². The van der Waals surface area contributed by atoms with E-state index < -0.39 is 0 Å². The molecule has 1 aromatic carbocycles. The monoisotopic (exact) mass is 299 g/mol. The Hall–Kier alpha value is -1.39. The molecule has 1 aromatic heterocycles. The molecule has 1 N–H and O–H groups in total. The fourth-order valence-corrected chi connectivity index (χ4v) is 3.37. The number of benzene rings is 1. The van der Waals surface area contributed by atoms with Gasteiger partial charge >= 0.3 is 0 Å². The van der Waals surface area contributed by atoms with Gasteiger partial charge in [-0.05, 0) is 67.2 Å². The Kier molecular flexibility index (Phi) is 4.88. The Bertz CT molecular complexity index is 595. The predicted molar refractivity (Wildman–Crippen MR) is 86.6 cm³/mol. The third-order valence-corrected chi connectivity index (χ3v) is 4.60. The van der Waals surface area contributed by atoms with Crippen LogP contribution in [0.4, 0.5) is 0 Å². The smallest absolute Gasteiger partial charge is 0.192 e. The number of nitrogens with one attached hydrogen (secondary N) is 1. The maximum Gasteiger partial charge on any atom is 0.192 e. The lowest BCUT2D eigenvalue weighted by Crippen LogP contribution is -2.14. The highest BCUT2D eigenvalue weighted by Crippen LogP contribution is 2.30. The van der Waals surface area contributed by atoms with Crippen molar-refractivity contribution in [1.82, 2.24) is 15.3 Å². The molecular formula is C17H21N3S. The standard InChI is InChI=1S/C17H21N3S/c1-2-8-18-10-13-11-19-17(20-12-13)21-16-7-6-14-4-3-5-15(14)9-16/h6-7,9,11-12,18H,2-5,8,10H2,1H3. The summed E-state index contributed by atoms with van der Waals surface area (Å²) in [6.45, 7) is 4.04. The van der Waals surface area contributed by atoms with E-state index in [1.807, 2.05) is 12.4 Å². The fourth-order valence-electron chi connectivity index (χ4n) is 2.61. The molecule has 0 amide bonds. The first-order valence-corrected chi connectivity index (χ1v) is 8.48. The van der Waals surface area contributed by atoms with E-state index in [0.717, 1.165) is 30.2 Å². The van der Waals surface area contributed by atoms with Crippen molar-refractivity contribution in [3.05, 3.63) is 47.3 Å². The molecular weight excluding hydrogens is 278 g/mol. The van der Waals surface area contributed by atoms with E-state index in [0.29, 0.717) is 0 Å². The van der Waals surface area contributed by atoms with Gasteiger partial charge in [-0.1, -0.05) is 13.0 Å². The molecule has 0 saturated heterocycles. The summed E-state index contributed by atoms with van der Waals surface area (Å²) < 4.78 is 0. The van der Waals surface area contributed by atoms with Crippen molar-refractivity contribution in [2.24, 2.45) is 0 Å². The number of hydrogen-bond acceptors (Lipinski definition) is 4.